The van der Waals surface area contributed by atoms with Crippen molar-refractivity contribution in [2.24, 2.45) is 5.73 Å². The van der Waals surface area contributed by atoms with Crippen LogP contribution in [0.25, 0.3) is 0 Å². The highest BCUT2D eigenvalue weighted by molar-refractivity contribution is 5.32. The molecule has 1 aromatic carbocycles. The SMILES string of the molecule is NC1(c2ccc(C(F)(F)F)cc2F)CCC1. The van der Waals surface area contributed by atoms with Crippen molar-refractivity contribution in [3.63, 3.8) is 0 Å². The van der Waals surface area contributed by atoms with Gasteiger partial charge in [0.15, 0.2) is 0 Å². The summed E-state index contributed by atoms with van der Waals surface area (Å²) >= 11 is 0. The fourth-order valence-corrected chi connectivity index (χ4v) is 1.92. The molecule has 5 heteroatoms. The zero-order chi connectivity index (χ0) is 12.0. The van der Waals surface area contributed by atoms with Crippen LogP contribution in [0.15, 0.2) is 18.2 Å². The Labute approximate surface area is 90.3 Å². The quantitative estimate of drug-likeness (QED) is 0.741. The Bertz CT molecular complexity index is 407. The molecule has 0 amide bonds. The van der Waals surface area contributed by atoms with Crippen molar-refractivity contribution in [1.82, 2.24) is 0 Å². The number of hydrogen-bond acceptors (Lipinski definition) is 1. The van der Waals surface area contributed by atoms with Crippen LogP contribution in [0.5, 0.6) is 0 Å². The molecular formula is C11H11F4N. The van der Waals surface area contributed by atoms with Gasteiger partial charge in [-0.1, -0.05) is 6.07 Å². The van der Waals surface area contributed by atoms with Crippen molar-refractivity contribution >= 4 is 0 Å². The Hall–Kier alpha value is -1.10. The van der Waals surface area contributed by atoms with Gasteiger partial charge in [-0.15, -0.1) is 0 Å². The third-order valence-electron chi connectivity index (χ3n) is 3.08. The van der Waals surface area contributed by atoms with Crippen LogP contribution in [0.4, 0.5) is 17.6 Å². The summed E-state index contributed by atoms with van der Waals surface area (Å²) in [5.41, 5.74) is 4.30. The molecule has 0 atom stereocenters. The lowest BCUT2D eigenvalue weighted by Crippen LogP contribution is -2.44. The molecule has 88 valence electrons. The van der Waals surface area contributed by atoms with Gasteiger partial charge < -0.3 is 5.73 Å². The number of halogens is 4. The van der Waals surface area contributed by atoms with E-state index in [2.05, 4.69) is 0 Å². The van der Waals surface area contributed by atoms with Crippen LogP contribution in [-0.4, -0.2) is 0 Å². The Morgan fingerprint density at radius 1 is 1.19 bits per heavy atom. The fourth-order valence-electron chi connectivity index (χ4n) is 1.92. The van der Waals surface area contributed by atoms with Gasteiger partial charge in [-0.3, -0.25) is 0 Å². The zero-order valence-electron chi connectivity index (χ0n) is 8.44. The topological polar surface area (TPSA) is 26.0 Å². The molecule has 0 unspecified atom stereocenters. The zero-order valence-corrected chi connectivity index (χ0v) is 8.44. The second-order valence-electron chi connectivity index (χ2n) is 4.20. The molecule has 2 rings (SSSR count). The van der Waals surface area contributed by atoms with Crippen LogP contribution in [0.3, 0.4) is 0 Å². The molecule has 0 aliphatic heterocycles. The third kappa shape index (κ3) is 1.80. The lowest BCUT2D eigenvalue weighted by Gasteiger charge is -2.38. The van der Waals surface area contributed by atoms with E-state index >= 15 is 0 Å². The molecule has 1 nitrogen and oxygen atoms in total. The first-order valence-electron chi connectivity index (χ1n) is 4.99. The number of rotatable bonds is 1. The van der Waals surface area contributed by atoms with Gasteiger partial charge in [0, 0.05) is 11.1 Å². The van der Waals surface area contributed by atoms with E-state index in [4.69, 9.17) is 5.73 Å². The Morgan fingerprint density at radius 2 is 1.81 bits per heavy atom. The fraction of sp³-hybridized carbons (Fsp3) is 0.455. The Balaban J connectivity index is 2.37. The number of alkyl halides is 3. The maximum absolute atomic E-state index is 13.5. The van der Waals surface area contributed by atoms with Crippen molar-refractivity contribution in [3.8, 4) is 0 Å². The normalized spacial score (nSPS) is 19.3. The summed E-state index contributed by atoms with van der Waals surface area (Å²) < 4.78 is 50.4. The van der Waals surface area contributed by atoms with Crippen LogP contribution in [-0.2, 0) is 11.7 Å². The maximum Gasteiger partial charge on any atom is 0.416 e. The molecule has 1 aliphatic rings. The van der Waals surface area contributed by atoms with Gasteiger partial charge in [0.25, 0.3) is 0 Å². The summed E-state index contributed by atoms with van der Waals surface area (Å²) in [5.74, 6) is -0.864. The Morgan fingerprint density at radius 3 is 2.19 bits per heavy atom. The van der Waals surface area contributed by atoms with E-state index in [1.54, 1.807) is 0 Å². The predicted octanol–water partition coefficient (Wildman–Crippen LogP) is 3.18. The van der Waals surface area contributed by atoms with Crippen molar-refractivity contribution in [3.05, 3.63) is 35.1 Å². The summed E-state index contributed by atoms with van der Waals surface area (Å²) in [6.45, 7) is 0. The molecule has 0 aromatic heterocycles. The van der Waals surface area contributed by atoms with E-state index in [0.29, 0.717) is 18.9 Å². The maximum atomic E-state index is 13.5. The van der Waals surface area contributed by atoms with Crippen molar-refractivity contribution in [1.29, 1.82) is 0 Å². The molecule has 0 radical (unpaired) electrons. The highest BCUT2D eigenvalue weighted by Crippen LogP contribution is 2.41. The van der Waals surface area contributed by atoms with Crippen LogP contribution >= 0.6 is 0 Å². The minimum absolute atomic E-state index is 0.187. The van der Waals surface area contributed by atoms with Crippen LogP contribution in [0, 0.1) is 5.82 Å². The number of benzene rings is 1. The summed E-state index contributed by atoms with van der Waals surface area (Å²) in [5, 5.41) is 0. The molecule has 16 heavy (non-hydrogen) atoms. The molecule has 0 heterocycles. The molecule has 1 aromatic rings. The average Bonchev–Trinajstić information content (AvgIpc) is 2.12. The molecule has 0 spiro atoms. The molecule has 0 saturated heterocycles. The predicted molar refractivity (Wildman–Crippen MR) is 51.1 cm³/mol. The second-order valence-corrected chi connectivity index (χ2v) is 4.20. The van der Waals surface area contributed by atoms with Gasteiger partial charge in [-0.25, -0.2) is 4.39 Å². The van der Waals surface area contributed by atoms with E-state index in [1.165, 1.54) is 0 Å². The number of hydrogen-bond donors (Lipinski definition) is 1. The second kappa shape index (κ2) is 3.45. The summed E-state index contributed by atoms with van der Waals surface area (Å²) in [6, 6.07) is 2.55. The Kier molecular flexibility index (Phi) is 2.45. The van der Waals surface area contributed by atoms with Crippen LogP contribution in [0.1, 0.15) is 30.4 Å². The highest BCUT2D eigenvalue weighted by Gasteiger charge is 2.38. The van der Waals surface area contributed by atoms with Crippen molar-refractivity contribution in [2.75, 3.05) is 0 Å². The molecular weight excluding hydrogens is 222 g/mol. The lowest BCUT2D eigenvalue weighted by atomic mass is 9.72. The van der Waals surface area contributed by atoms with Gasteiger partial charge in [0.05, 0.1) is 5.56 Å². The van der Waals surface area contributed by atoms with E-state index < -0.39 is 23.1 Å². The van der Waals surface area contributed by atoms with Crippen molar-refractivity contribution < 1.29 is 17.6 Å². The van der Waals surface area contributed by atoms with Gasteiger partial charge >= 0.3 is 6.18 Å². The monoisotopic (exact) mass is 233 g/mol. The average molecular weight is 233 g/mol. The standard InChI is InChI=1S/C11H11F4N/c12-9-6-7(11(13,14)15)2-3-8(9)10(16)4-1-5-10/h2-3,6H,1,4-5,16H2. The van der Waals surface area contributed by atoms with E-state index in [1.807, 2.05) is 0 Å². The molecule has 1 fully saturated rings. The first-order valence-corrected chi connectivity index (χ1v) is 4.99. The minimum Gasteiger partial charge on any atom is -0.321 e. The lowest BCUT2D eigenvalue weighted by molar-refractivity contribution is -0.137. The molecule has 2 N–H and O–H groups in total. The highest BCUT2D eigenvalue weighted by atomic mass is 19.4. The van der Waals surface area contributed by atoms with E-state index in [9.17, 15) is 17.6 Å². The largest absolute Gasteiger partial charge is 0.416 e. The third-order valence-corrected chi connectivity index (χ3v) is 3.08. The molecule has 0 bridgehead atoms. The summed E-state index contributed by atoms with van der Waals surface area (Å²) in [4.78, 5) is 0. The molecule has 1 aliphatic carbocycles. The summed E-state index contributed by atoms with van der Waals surface area (Å²) in [6.07, 6.45) is -2.39. The van der Waals surface area contributed by atoms with Crippen LogP contribution in [0.2, 0.25) is 0 Å². The van der Waals surface area contributed by atoms with Crippen LogP contribution < -0.4 is 5.73 Å². The number of nitrogens with two attached hydrogens (primary N) is 1. The first kappa shape index (κ1) is 11.4. The first-order chi connectivity index (χ1) is 7.33. The van der Waals surface area contributed by atoms with Gasteiger partial charge in [0.1, 0.15) is 5.82 Å². The van der Waals surface area contributed by atoms with Crippen molar-refractivity contribution in [2.45, 2.75) is 31.0 Å². The van der Waals surface area contributed by atoms with E-state index in [-0.39, 0.29) is 5.56 Å². The van der Waals surface area contributed by atoms with E-state index in [0.717, 1.165) is 18.6 Å². The van der Waals surface area contributed by atoms with Gasteiger partial charge in [-0.05, 0) is 31.4 Å². The van der Waals surface area contributed by atoms with Gasteiger partial charge in [0.2, 0.25) is 0 Å². The minimum atomic E-state index is -4.51. The van der Waals surface area contributed by atoms with Gasteiger partial charge in [-0.2, -0.15) is 13.2 Å². The smallest absolute Gasteiger partial charge is 0.321 e. The summed E-state index contributed by atoms with van der Waals surface area (Å²) in [7, 11) is 0. The molecule has 1 saturated carbocycles.